The Morgan fingerprint density at radius 3 is 2.71 bits per heavy atom. The quantitative estimate of drug-likeness (QED) is 0.657. The maximum Gasteiger partial charge on any atom is 0.346 e. The molecule has 1 aliphatic heterocycles. The van der Waals surface area contributed by atoms with Gasteiger partial charge in [0.2, 0.25) is 0 Å². The van der Waals surface area contributed by atoms with Crippen molar-refractivity contribution in [1.29, 1.82) is 0 Å². The maximum atomic E-state index is 11.2. The first kappa shape index (κ1) is 9.14. The number of nitrogens with one attached hydrogen (secondary N) is 1. The van der Waals surface area contributed by atoms with Crippen molar-refractivity contribution in [3.63, 3.8) is 0 Å². The van der Waals surface area contributed by atoms with E-state index in [0.29, 0.717) is 6.67 Å². The average molecular weight is 196 g/mol. The molecule has 14 heavy (non-hydrogen) atoms. The first-order valence-electron chi connectivity index (χ1n) is 4.64. The summed E-state index contributed by atoms with van der Waals surface area (Å²) in [7, 11) is 0. The fraction of sp³-hybridized carbons (Fsp3) is 0.625. The number of H-pyrrole nitrogens is 1. The zero-order valence-electron chi connectivity index (χ0n) is 7.77. The summed E-state index contributed by atoms with van der Waals surface area (Å²) in [5.41, 5.74) is -0.892. The Hall–Kier alpha value is -1.43. The third kappa shape index (κ3) is 1.90. The molecule has 1 aromatic heterocycles. The third-order valence-electron chi connectivity index (χ3n) is 2.31. The van der Waals surface area contributed by atoms with Gasteiger partial charge in [-0.05, 0) is 25.9 Å². The van der Waals surface area contributed by atoms with Crippen molar-refractivity contribution in [2.45, 2.75) is 19.5 Å². The summed E-state index contributed by atoms with van der Waals surface area (Å²) in [6.07, 6.45) is 3.45. The normalized spacial score (nSPS) is 17.4. The summed E-state index contributed by atoms with van der Waals surface area (Å²) in [5, 5.41) is 3.76. The summed E-state index contributed by atoms with van der Waals surface area (Å²) in [5.74, 6) is 0. The Morgan fingerprint density at radius 1 is 1.36 bits per heavy atom. The van der Waals surface area contributed by atoms with E-state index in [4.69, 9.17) is 0 Å². The molecule has 0 amide bonds. The average Bonchev–Trinajstić information content (AvgIpc) is 2.62. The minimum Gasteiger partial charge on any atom is -0.284 e. The predicted octanol–water partition coefficient (Wildman–Crippen LogP) is -1.02. The van der Waals surface area contributed by atoms with Crippen molar-refractivity contribution in [3.8, 4) is 0 Å². The first-order valence-corrected chi connectivity index (χ1v) is 4.64. The number of hydrogen-bond donors (Lipinski definition) is 1. The molecule has 6 nitrogen and oxygen atoms in total. The lowest BCUT2D eigenvalue weighted by Crippen LogP contribution is -2.36. The fourth-order valence-electron chi connectivity index (χ4n) is 1.59. The van der Waals surface area contributed by atoms with E-state index in [-0.39, 0.29) is 0 Å². The number of aromatic amines is 1. The van der Waals surface area contributed by atoms with E-state index in [2.05, 4.69) is 15.0 Å². The lowest BCUT2D eigenvalue weighted by molar-refractivity contribution is 0.245. The molecule has 0 radical (unpaired) electrons. The summed E-state index contributed by atoms with van der Waals surface area (Å²) in [6, 6.07) is 0. The van der Waals surface area contributed by atoms with Crippen LogP contribution in [0.3, 0.4) is 0 Å². The van der Waals surface area contributed by atoms with Crippen molar-refractivity contribution in [2.24, 2.45) is 0 Å². The monoisotopic (exact) mass is 196 g/mol. The van der Waals surface area contributed by atoms with Crippen molar-refractivity contribution < 1.29 is 0 Å². The van der Waals surface area contributed by atoms with Gasteiger partial charge < -0.3 is 0 Å². The zero-order valence-corrected chi connectivity index (χ0v) is 7.77. The predicted molar refractivity (Wildman–Crippen MR) is 49.9 cm³/mol. The standard InChI is InChI=1S/C8H12N4O2/c13-7-5-9-12(8(14)10-7)6-11-3-1-2-4-11/h5H,1-4,6H2,(H,10,13,14). The molecule has 0 aliphatic carbocycles. The Bertz CT molecular complexity index is 416. The second kappa shape index (κ2) is 3.75. The highest BCUT2D eigenvalue weighted by Crippen LogP contribution is 2.06. The molecule has 0 unspecified atom stereocenters. The summed E-state index contributed by atoms with van der Waals surface area (Å²) >= 11 is 0. The van der Waals surface area contributed by atoms with Gasteiger partial charge in [0, 0.05) is 0 Å². The van der Waals surface area contributed by atoms with Crippen LogP contribution in [-0.2, 0) is 6.67 Å². The Kier molecular flexibility index (Phi) is 2.45. The van der Waals surface area contributed by atoms with Crippen LogP contribution in [0.25, 0.3) is 0 Å². The van der Waals surface area contributed by atoms with Crippen molar-refractivity contribution in [2.75, 3.05) is 13.1 Å². The highest BCUT2D eigenvalue weighted by Gasteiger charge is 2.12. The molecule has 0 spiro atoms. The molecule has 0 bridgehead atoms. The van der Waals surface area contributed by atoms with Crippen LogP contribution in [0.5, 0.6) is 0 Å². The molecule has 76 valence electrons. The lowest BCUT2D eigenvalue weighted by atomic mass is 10.4. The van der Waals surface area contributed by atoms with Gasteiger partial charge in [-0.1, -0.05) is 0 Å². The van der Waals surface area contributed by atoms with Crippen LogP contribution in [0.4, 0.5) is 0 Å². The molecule has 0 atom stereocenters. The highest BCUT2D eigenvalue weighted by molar-refractivity contribution is 4.70. The molecule has 2 heterocycles. The van der Waals surface area contributed by atoms with E-state index >= 15 is 0 Å². The van der Waals surface area contributed by atoms with Crippen molar-refractivity contribution in [3.05, 3.63) is 27.0 Å². The van der Waals surface area contributed by atoms with E-state index in [0.717, 1.165) is 32.1 Å². The van der Waals surface area contributed by atoms with Crippen LogP contribution in [0.1, 0.15) is 12.8 Å². The van der Waals surface area contributed by atoms with Gasteiger partial charge in [0.1, 0.15) is 6.20 Å². The van der Waals surface area contributed by atoms with Crippen LogP contribution < -0.4 is 11.2 Å². The molecule has 0 saturated carbocycles. The molecule has 6 heteroatoms. The van der Waals surface area contributed by atoms with E-state index in [9.17, 15) is 9.59 Å². The minimum atomic E-state index is -0.451. The van der Waals surface area contributed by atoms with Gasteiger partial charge in [-0.3, -0.25) is 14.7 Å². The molecule has 1 aromatic rings. The zero-order chi connectivity index (χ0) is 9.97. The van der Waals surface area contributed by atoms with E-state index in [1.807, 2.05) is 0 Å². The Morgan fingerprint density at radius 2 is 2.07 bits per heavy atom. The van der Waals surface area contributed by atoms with E-state index in [1.165, 1.54) is 4.68 Å². The van der Waals surface area contributed by atoms with Crippen LogP contribution in [-0.4, -0.2) is 32.8 Å². The lowest BCUT2D eigenvalue weighted by Gasteiger charge is -2.14. The second-order valence-corrected chi connectivity index (χ2v) is 3.41. The van der Waals surface area contributed by atoms with Crippen molar-refractivity contribution >= 4 is 0 Å². The minimum absolute atomic E-state index is 0.440. The third-order valence-corrected chi connectivity index (χ3v) is 2.31. The fourth-order valence-corrected chi connectivity index (χ4v) is 1.59. The van der Waals surface area contributed by atoms with Crippen LogP contribution in [0, 0.1) is 0 Å². The smallest absolute Gasteiger partial charge is 0.284 e. The van der Waals surface area contributed by atoms with Crippen LogP contribution in [0.2, 0.25) is 0 Å². The highest BCUT2D eigenvalue weighted by atomic mass is 16.2. The molecule has 2 rings (SSSR count). The molecule has 1 N–H and O–H groups in total. The van der Waals surface area contributed by atoms with Crippen LogP contribution >= 0.6 is 0 Å². The van der Waals surface area contributed by atoms with Gasteiger partial charge in [0.05, 0.1) is 6.67 Å². The van der Waals surface area contributed by atoms with Gasteiger partial charge in [-0.25, -0.2) is 9.48 Å². The molecule has 1 saturated heterocycles. The molecular weight excluding hydrogens is 184 g/mol. The van der Waals surface area contributed by atoms with Crippen molar-refractivity contribution in [1.82, 2.24) is 19.7 Å². The second-order valence-electron chi connectivity index (χ2n) is 3.41. The molecular formula is C8H12N4O2. The van der Waals surface area contributed by atoms with Gasteiger partial charge in [-0.15, -0.1) is 0 Å². The van der Waals surface area contributed by atoms with Gasteiger partial charge in [-0.2, -0.15) is 5.10 Å². The number of rotatable bonds is 2. The Labute approximate surface area is 80.2 Å². The van der Waals surface area contributed by atoms with E-state index < -0.39 is 11.2 Å². The Balaban J connectivity index is 2.16. The number of hydrogen-bond acceptors (Lipinski definition) is 4. The molecule has 1 aliphatic rings. The molecule has 1 fully saturated rings. The number of nitrogens with zero attached hydrogens (tertiary/aromatic N) is 3. The summed E-state index contributed by atoms with van der Waals surface area (Å²) < 4.78 is 1.27. The summed E-state index contributed by atoms with van der Waals surface area (Å²) in [6.45, 7) is 2.45. The largest absolute Gasteiger partial charge is 0.346 e. The summed E-state index contributed by atoms with van der Waals surface area (Å²) in [4.78, 5) is 26.3. The molecule has 0 aromatic carbocycles. The SMILES string of the molecule is O=c1cnn(CN2CCCC2)c(=O)[nH]1. The number of aromatic nitrogens is 3. The van der Waals surface area contributed by atoms with E-state index in [1.54, 1.807) is 0 Å². The topological polar surface area (TPSA) is 71.0 Å². The van der Waals surface area contributed by atoms with Gasteiger partial charge >= 0.3 is 5.69 Å². The maximum absolute atomic E-state index is 11.2. The van der Waals surface area contributed by atoms with Gasteiger partial charge in [0.25, 0.3) is 5.56 Å². The number of likely N-dealkylation sites (tertiary alicyclic amines) is 1. The first-order chi connectivity index (χ1) is 6.75. The van der Waals surface area contributed by atoms with Crippen LogP contribution in [0.15, 0.2) is 15.8 Å². The van der Waals surface area contributed by atoms with Gasteiger partial charge in [0.15, 0.2) is 0 Å².